The molecule has 8 nitrogen and oxygen atoms in total. The van der Waals surface area contributed by atoms with Gasteiger partial charge in [-0.2, -0.15) is 0 Å². The van der Waals surface area contributed by atoms with Crippen LogP contribution in [-0.2, 0) is 19.1 Å². The van der Waals surface area contributed by atoms with Gasteiger partial charge < -0.3 is 18.9 Å². The van der Waals surface area contributed by atoms with E-state index in [4.69, 9.17) is 14.5 Å². The van der Waals surface area contributed by atoms with E-state index < -0.39 is 17.9 Å². The van der Waals surface area contributed by atoms with Gasteiger partial charge in [0.1, 0.15) is 0 Å². The van der Waals surface area contributed by atoms with Crippen LogP contribution in [0.25, 0.3) is 11.0 Å². The van der Waals surface area contributed by atoms with E-state index in [-0.39, 0.29) is 12.5 Å². The molecule has 0 saturated carbocycles. The van der Waals surface area contributed by atoms with Gasteiger partial charge in [0.05, 0.1) is 36.8 Å². The summed E-state index contributed by atoms with van der Waals surface area (Å²) in [7, 11) is 5.51. The molecular weight excluding hydrogens is 408 g/mol. The number of rotatable bonds is 7. The highest BCUT2D eigenvalue weighted by Crippen LogP contribution is 2.41. The van der Waals surface area contributed by atoms with Gasteiger partial charge in [0.25, 0.3) is 0 Å². The van der Waals surface area contributed by atoms with Crippen LogP contribution in [0, 0.1) is 5.92 Å². The van der Waals surface area contributed by atoms with E-state index in [1.165, 1.54) is 4.90 Å². The van der Waals surface area contributed by atoms with Crippen LogP contribution in [0.4, 0.5) is 11.6 Å². The molecule has 2 heterocycles. The molecule has 2 aromatic carbocycles. The number of fused-ring (bicyclic) bond motifs is 3. The fourth-order valence-electron chi connectivity index (χ4n) is 4.21. The molecular formula is C24H28N4O4. The second-order valence-electron chi connectivity index (χ2n) is 7.91. The first-order chi connectivity index (χ1) is 15.5. The van der Waals surface area contributed by atoms with E-state index in [0.717, 1.165) is 22.3 Å². The summed E-state index contributed by atoms with van der Waals surface area (Å²) in [5.74, 6) is -1.38. The zero-order valence-electron chi connectivity index (χ0n) is 18.8. The number of para-hydroxylation sites is 2. The van der Waals surface area contributed by atoms with Crippen molar-refractivity contribution in [3.63, 3.8) is 0 Å². The summed E-state index contributed by atoms with van der Waals surface area (Å²) in [5, 5.41) is 0. The number of esters is 1. The minimum absolute atomic E-state index is 0.199. The van der Waals surface area contributed by atoms with Crippen molar-refractivity contribution >= 4 is 34.5 Å². The smallest absolute Gasteiger partial charge is 0.321 e. The van der Waals surface area contributed by atoms with E-state index in [9.17, 15) is 9.59 Å². The predicted molar refractivity (Wildman–Crippen MR) is 123 cm³/mol. The van der Waals surface area contributed by atoms with Gasteiger partial charge in [-0.25, -0.2) is 4.98 Å². The Balaban J connectivity index is 1.94. The minimum atomic E-state index is -1.03. The Morgan fingerprint density at radius 1 is 1.12 bits per heavy atom. The maximum Gasteiger partial charge on any atom is 0.321 e. The lowest BCUT2D eigenvalue weighted by molar-refractivity contribution is -0.153. The lowest BCUT2D eigenvalue weighted by Gasteiger charge is -2.38. The molecule has 3 aromatic rings. The number of nitrogens with zero attached hydrogens (tertiary/aromatic N) is 4. The lowest BCUT2D eigenvalue weighted by Crippen LogP contribution is -2.51. The predicted octanol–water partition coefficient (Wildman–Crippen LogP) is 2.86. The van der Waals surface area contributed by atoms with Crippen molar-refractivity contribution in [3.8, 4) is 0 Å². The number of hydrogen-bond acceptors (Lipinski definition) is 6. The fraction of sp³-hybridized carbons (Fsp3) is 0.375. The number of carbonyl (C=O) groups is 2. The molecule has 32 heavy (non-hydrogen) atoms. The number of aromatic nitrogens is 2. The third-order valence-corrected chi connectivity index (χ3v) is 5.76. The topological polar surface area (TPSA) is 76.9 Å². The first-order valence-corrected chi connectivity index (χ1v) is 10.7. The van der Waals surface area contributed by atoms with Crippen molar-refractivity contribution < 1.29 is 19.1 Å². The van der Waals surface area contributed by atoms with Crippen LogP contribution < -0.4 is 9.80 Å². The zero-order chi connectivity index (χ0) is 22.8. The number of imidazole rings is 1. The number of anilines is 2. The number of benzene rings is 2. The monoisotopic (exact) mass is 436 g/mol. The van der Waals surface area contributed by atoms with Crippen LogP contribution in [0.2, 0.25) is 0 Å². The van der Waals surface area contributed by atoms with Crippen LogP contribution in [0.3, 0.4) is 0 Å². The van der Waals surface area contributed by atoms with Crippen molar-refractivity contribution in [3.05, 3.63) is 54.1 Å². The SMILES string of the molecule is CCOC(=O)[C@H]1C(=O)N(CCOC)c2nc3ccccc3n2[C@@H]1c1ccc(N(C)C)cc1. The molecule has 0 saturated heterocycles. The normalized spacial score (nSPS) is 18.0. The van der Waals surface area contributed by atoms with Gasteiger partial charge in [-0.05, 0) is 36.8 Å². The molecule has 1 aliphatic heterocycles. The van der Waals surface area contributed by atoms with Gasteiger partial charge in [0, 0.05) is 26.9 Å². The highest BCUT2D eigenvalue weighted by molar-refractivity contribution is 6.08. The van der Waals surface area contributed by atoms with Gasteiger partial charge in [0.15, 0.2) is 5.92 Å². The summed E-state index contributed by atoms with van der Waals surface area (Å²) in [6, 6.07) is 15.0. The Labute approximate surface area is 187 Å². The Hall–Kier alpha value is -3.39. The second kappa shape index (κ2) is 9.00. The summed E-state index contributed by atoms with van der Waals surface area (Å²) in [6.45, 7) is 2.56. The maximum atomic E-state index is 13.7. The van der Waals surface area contributed by atoms with E-state index in [2.05, 4.69) is 0 Å². The third kappa shape index (κ3) is 3.71. The molecule has 1 aromatic heterocycles. The van der Waals surface area contributed by atoms with Crippen molar-refractivity contribution in [2.24, 2.45) is 5.92 Å². The molecule has 1 aliphatic rings. The summed E-state index contributed by atoms with van der Waals surface area (Å²) in [5.41, 5.74) is 3.49. The van der Waals surface area contributed by atoms with Crippen molar-refractivity contribution in [1.29, 1.82) is 0 Å². The Morgan fingerprint density at radius 2 is 1.84 bits per heavy atom. The molecule has 8 heteroatoms. The van der Waals surface area contributed by atoms with E-state index in [1.54, 1.807) is 14.0 Å². The molecule has 4 rings (SSSR count). The van der Waals surface area contributed by atoms with Gasteiger partial charge >= 0.3 is 5.97 Å². The number of ether oxygens (including phenoxy) is 2. The average molecular weight is 437 g/mol. The molecule has 0 radical (unpaired) electrons. The van der Waals surface area contributed by atoms with Crippen LogP contribution >= 0.6 is 0 Å². The highest BCUT2D eigenvalue weighted by atomic mass is 16.5. The lowest BCUT2D eigenvalue weighted by atomic mass is 9.89. The average Bonchev–Trinajstić information content (AvgIpc) is 3.17. The summed E-state index contributed by atoms with van der Waals surface area (Å²) in [6.07, 6.45) is 0. The van der Waals surface area contributed by atoms with Gasteiger partial charge in [-0.15, -0.1) is 0 Å². The number of hydrogen-bond donors (Lipinski definition) is 0. The standard InChI is InChI=1S/C24H28N4O4/c1-5-32-23(30)20-21(16-10-12-17(13-11-16)26(2)3)28-19-9-7-6-8-18(19)25-24(28)27(22(20)29)14-15-31-4/h6-13,20-21H,5,14-15H2,1-4H3/t20-,21-/m1/s1. The van der Waals surface area contributed by atoms with Gasteiger partial charge in [-0.3, -0.25) is 14.5 Å². The molecule has 168 valence electrons. The Bertz CT molecular complexity index is 1120. The van der Waals surface area contributed by atoms with Crippen LogP contribution in [0.5, 0.6) is 0 Å². The van der Waals surface area contributed by atoms with Crippen LogP contribution in [-0.4, -0.2) is 62.4 Å². The number of methoxy groups -OCH3 is 1. The third-order valence-electron chi connectivity index (χ3n) is 5.76. The molecule has 0 bridgehead atoms. The number of amides is 1. The fourth-order valence-corrected chi connectivity index (χ4v) is 4.21. The van der Waals surface area contributed by atoms with Crippen molar-refractivity contribution in [1.82, 2.24) is 9.55 Å². The van der Waals surface area contributed by atoms with E-state index >= 15 is 0 Å². The molecule has 0 spiro atoms. The quantitative estimate of drug-likeness (QED) is 0.419. The van der Waals surface area contributed by atoms with Crippen LogP contribution in [0.15, 0.2) is 48.5 Å². The van der Waals surface area contributed by atoms with Crippen molar-refractivity contribution in [2.75, 3.05) is 50.8 Å². The molecule has 0 unspecified atom stereocenters. The first-order valence-electron chi connectivity index (χ1n) is 10.7. The van der Waals surface area contributed by atoms with Gasteiger partial charge in [0.2, 0.25) is 11.9 Å². The molecule has 1 amide bonds. The summed E-state index contributed by atoms with van der Waals surface area (Å²) in [4.78, 5) is 35.1. The molecule has 2 atom stereocenters. The molecule has 0 N–H and O–H groups in total. The Morgan fingerprint density at radius 3 is 2.50 bits per heavy atom. The first kappa shape index (κ1) is 21.8. The highest BCUT2D eigenvalue weighted by Gasteiger charge is 2.47. The summed E-state index contributed by atoms with van der Waals surface area (Å²) < 4.78 is 12.6. The Kier molecular flexibility index (Phi) is 6.14. The van der Waals surface area contributed by atoms with Gasteiger partial charge in [-0.1, -0.05) is 24.3 Å². The second-order valence-corrected chi connectivity index (χ2v) is 7.91. The van der Waals surface area contributed by atoms with E-state index in [1.807, 2.05) is 72.1 Å². The molecule has 0 fully saturated rings. The maximum absolute atomic E-state index is 13.7. The van der Waals surface area contributed by atoms with Crippen LogP contribution in [0.1, 0.15) is 18.5 Å². The number of carbonyl (C=O) groups excluding carboxylic acids is 2. The van der Waals surface area contributed by atoms with Crippen molar-refractivity contribution in [2.45, 2.75) is 13.0 Å². The minimum Gasteiger partial charge on any atom is -0.465 e. The zero-order valence-corrected chi connectivity index (χ0v) is 18.8. The molecule has 0 aliphatic carbocycles. The van der Waals surface area contributed by atoms with E-state index in [0.29, 0.717) is 19.1 Å². The largest absolute Gasteiger partial charge is 0.465 e. The summed E-state index contributed by atoms with van der Waals surface area (Å²) >= 11 is 0.